The first-order valence-corrected chi connectivity index (χ1v) is 13.3. The minimum absolute atomic E-state index is 0.118. The van der Waals surface area contributed by atoms with Gasteiger partial charge in [-0.2, -0.15) is 0 Å². The maximum absolute atomic E-state index is 13.5. The Balaban J connectivity index is 1.32. The van der Waals surface area contributed by atoms with E-state index in [1.165, 1.54) is 7.11 Å². The second-order valence-corrected chi connectivity index (χ2v) is 10.5. The largest absolute Gasteiger partial charge is 0.508 e. The lowest BCUT2D eigenvalue weighted by molar-refractivity contribution is -0.134. The molecule has 1 aliphatic carbocycles. The van der Waals surface area contributed by atoms with Crippen molar-refractivity contribution >= 4 is 17.8 Å². The molecule has 2 amide bonds. The number of nitrogens with zero attached hydrogens (tertiary/aromatic N) is 1. The van der Waals surface area contributed by atoms with Crippen LogP contribution in [0, 0.1) is 6.92 Å². The molecule has 9 nitrogen and oxygen atoms in total. The summed E-state index contributed by atoms with van der Waals surface area (Å²) in [5.74, 6) is -0.891. The molecule has 3 aromatic rings. The molecule has 208 valence electrons. The molecule has 1 aliphatic heterocycles. The number of carbonyl (C=O) groups excluding carboxylic acids is 3. The Kier molecular flexibility index (Phi) is 7.60. The van der Waals surface area contributed by atoms with Crippen LogP contribution in [-0.4, -0.2) is 60.7 Å². The lowest BCUT2D eigenvalue weighted by atomic mass is 9.96. The fourth-order valence-corrected chi connectivity index (χ4v) is 5.34. The molecule has 9 heteroatoms. The zero-order chi connectivity index (χ0) is 28.4. The summed E-state index contributed by atoms with van der Waals surface area (Å²) in [6.45, 7) is 3.68. The van der Waals surface area contributed by atoms with Gasteiger partial charge in [0.2, 0.25) is 11.8 Å². The fourth-order valence-electron chi connectivity index (χ4n) is 5.34. The van der Waals surface area contributed by atoms with Gasteiger partial charge in [0, 0.05) is 18.7 Å². The standard InChI is InChI=1S/C31H33N3O6/c1-19-13-22(28(32)36)5-8-26(19)23-14-20(15-25(35)16-23)17-34-11-12-40-18-27(34)29(37)33-31(9-10-31)24-6-3-21(4-7-24)30(38)39-2/h3-8,13-16,27,35H,9-12,17-18H2,1-2H3,(H2,32,36)(H,33,37). The highest BCUT2D eigenvalue weighted by Crippen LogP contribution is 2.45. The molecule has 40 heavy (non-hydrogen) atoms. The van der Waals surface area contributed by atoms with Crippen molar-refractivity contribution in [1.29, 1.82) is 0 Å². The number of rotatable bonds is 8. The number of ether oxygens (including phenoxy) is 2. The number of phenols is 1. The third-order valence-corrected chi connectivity index (χ3v) is 7.70. The predicted molar refractivity (Wildman–Crippen MR) is 149 cm³/mol. The third-order valence-electron chi connectivity index (χ3n) is 7.70. The lowest BCUT2D eigenvalue weighted by Crippen LogP contribution is -2.55. The lowest BCUT2D eigenvalue weighted by Gasteiger charge is -2.35. The molecule has 3 aromatic carbocycles. The smallest absolute Gasteiger partial charge is 0.337 e. The van der Waals surface area contributed by atoms with Crippen LogP contribution in [0.3, 0.4) is 0 Å². The number of aromatic hydroxyl groups is 1. The van der Waals surface area contributed by atoms with Gasteiger partial charge in [0.05, 0.1) is 31.4 Å². The summed E-state index contributed by atoms with van der Waals surface area (Å²) in [6, 6.07) is 17.3. The zero-order valence-corrected chi connectivity index (χ0v) is 22.6. The topological polar surface area (TPSA) is 131 Å². The molecule has 5 rings (SSSR count). The van der Waals surface area contributed by atoms with Gasteiger partial charge >= 0.3 is 5.97 Å². The molecule has 0 bridgehead atoms. The van der Waals surface area contributed by atoms with Gasteiger partial charge in [-0.15, -0.1) is 0 Å². The minimum Gasteiger partial charge on any atom is -0.508 e. The highest BCUT2D eigenvalue weighted by Gasteiger charge is 2.47. The van der Waals surface area contributed by atoms with Gasteiger partial charge in [0.1, 0.15) is 11.8 Å². The van der Waals surface area contributed by atoms with E-state index in [2.05, 4.69) is 10.2 Å². The van der Waals surface area contributed by atoms with Crippen LogP contribution in [-0.2, 0) is 26.4 Å². The fraction of sp³-hybridized carbons (Fsp3) is 0.323. The van der Waals surface area contributed by atoms with E-state index in [4.69, 9.17) is 15.2 Å². The molecular formula is C31H33N3O6. The van der Waals surface area contributed by atoms with E-state index in [0.29, 0.717) is 30.8 Å². The maximum atomic E-state index is 13.5. The molecule has 4 N–H and O–H groups in total. The van der Waals surface area contributed by atoms with Gasteiger partial charge in [-0.3, -0.25) is 14.5 Å². The average molecular weight is 544 g/mol. The number of esters is 1. The van der Waals surface area contributed by atoms with Crippen molar-refractivity contribution in [2.45, 2.75) is 37.9 Å². The molecule has 2 fully saturated rings. The van der Waals surface area contributed by atoms with Crippen LogP contribution < -0.4 is 11.1 Å². The quantitative estimate of drug-likeness (QED) is 0.372. The van der Waals surface area contributed by atoms with Crippen LogP contribution in [0.15, 0.2) is 60.7 Å². The molecule has 0 aromatic heterocycles. The second kappa shape index (κ2) is 11.1. The van der Waals surface area contributed by atoms with Crippen LogP contribution in [0.2, 0.25) is 0 Å². The van der Waals surface area contributed by atoms with E-state index in [9.17, 15) is 19.5 Å². The van der Waals surface area contributed by atoms with Crippen molar-refractivity contribution in [3.63, 3.8) is 0 Å². The number of nitrogens with one attached hydrogen (secondary N) is 1. The summed E-state index contributed by atoms with van der Waals surface area (Å²) >= 11 is 0. The van der Waals surface area contributed by atoms with E-state index in [-0.39, 0.29) is 18.3 Å². The van der Waals surface area contributed by atoms with Gasteiger partial charge in [0.25, 0.3) is 0 Å². The molecule has 1 unspecified atom stereocenters. The van der Waals surface area contributed by atoms with Gasteiger partial charge in [-0.1, -0.05) is 18.2 Å². The van der Waals surface area contributed by atoms with E-state index < -0.39 is 23.5 Å². The zero-order valence-electron chi connectivity index (χ0n) is 22.6. The number of phenolic OH excluding ortho intramolecular Hbond substituents is 1. The number of nitrogens with two attached hydrogens (primary N) is 1. The van der Waals surface area contributed by atoms with Gasteiger partial charge < -0.3 is 25.6 Å². The Bertz CT molecular complexity index is 1450. The number of hydrogen-bond acceptors (Lipinski definition) is 7. The molecule has 1 heterocycles. The van der Waals surface area contributed by atoms with E-state index in [1.807, 2.05) is 31.2 Å². The Labute approximate surface area is 232 Å². The van der Waals surface area contributed by atoms with Crippen LogP contribution >= 0.6 is 0 Å². The highest BCUT2D eigenvalue weighted by molar-refractivity contribution is 5.94. The highest BCUT2D eigenvalue weighted by atomic mass is 16.5. The molecule has 0 spiro atoms. The number of methoxy groups -OCH3 is 1. The second-order valence-electron chi connectivity index (χ2n) is 10.5. The monoisotopic (exact) mass is 543 g/mol. The number of carbonyl (C=O) groups is 3. The van der Waals surface area contributed by atoms with E-state index in [1.54, 1.807) is 36.4 Å². The summed E-state index contributed by atoms with van der Waals surface area (Å²) in [5.41, 5.74) is 10.2. The summed E-state index contributed by atoms with van der Waals surface area (Å²) in [4.78, 5) is 39.0. The van der Waals surface area contributed by atoms with Crippen molar-refractivity contribution in [1.82, 2.24) is 10.2 Å². The summed E-state index contributed by atoms with van der Waals surface area (Å²) < 4.78 is 10.5. The average Bonchev–Trinajstić information content (AvgIpc) is 3.73. The molecular weight excluding hydrogens is 510 g/mol. The first-order chi connectivity index (χ1) is 19.2. The van der Waals surface area contributed by atoms with Crippen molar-refractivity contribution in [3.8, 4) is 16.9 Å². The summed E-state index contributed by atoms with van der Waals surface area (Å²) in [6.07, 6.45) is 1.63. The SMILES string of the molecule is COC(=O)c1ccc(C2(NC(=O)C3COCCN3Cc3cc(O)cc(-c4ccc(C(N)=O)cc4C)c3)CC2)cc1. The van der Waals surface area contributed by atoms with Crippen LogP contribution in [0.5, 0.6) is 5.75 Å². The van der Waals surface area contributed by atoms with E-state index in [0.717, 1.165) is 40.7 Å². The molecule has 0 radical (unpaired) electrons. The molecule has 1 atom stereocenters. The summed E-state index contributed by atoms with van der Waals surface area (Å²) in [5, 5.41) is 13.8. The number of amides is 2. The van der Waals surface area contributed by atoms with E-state index >= 15 is 0 Å². The van der Waals surface area contributed by atoms with Gasteiger partial charge in [0.15, 0.2) is 0 Å². The van der Waals surface area contributed by atoms with Crippen molar-refractivity contribution in [2.75, 3.05) is 26.9 Å². The number of primary amides is 1. The van der Waals surface area contributed by atoms with Crippen LogP contribution in [0.1, 0.15) is 50.2 Å². The Hall–Kier alpha value is -4.21. The van der Waals surface area contributed by atoms with Gasteiger partial charge in [-0.25, -0.2) is 4.79 Å². The third kappa shape index (κ3) is 5.71. The summed E-state index contributed by atoms with van der Waals surface area (Å²) in [7, 11) is 1.35. The first kappa shape index (κ1) is 27.4. The number of hydrogen-bond donors (Lipinski definition) is 3. The predicted octanol–water partition coefficient (Wildman–Crippen LogP) is 3.26. The van der Waals surface area contributed by atoms with Crippen LogP contribution in [0.25, 0.3) is 11.1 Å². The van der Waals surface area contributed by atoms with Gasteiger partial charge in [-0.05, 0) is 90.0 Å². The molecule has 1 saturated carbocycles. The molecule has 1 saturated heterocycles. The number of aryl methyl sites for hydroxylation is 1. The number of morpholine rings is 1. The first-order valence-electron chi connectivity index (χ1n) is 13.3. The van der Waals surface area contributed by atoms with Crippen molar-refractivity contribution in [3.05, 3.63) is 88.5 Å². The van der Waals surface area contributed by atoms with Crippen molar-refractivity contribution in [2.24, 2.45) is 5.73 Å². The minimum atomic E-state index is -0.497. The number of benzene rings is 3. The normalized spacial score (nSPS) is 18.1. The molecule has 2 aliphatic rings. The van der Waals surface area contributed by atoms with Crippen LogP contribution in [0.4, 0.5) is 0 Å². The Morgan fingerprint density at radius 3 is 2.45 bits per heavy atom. The Morgan fingerprint density at radius 2 is 1.80 bits per heavy atom. The van der Waals surface area contributed by atoms with Crippen molar-refractivity contribution < 1.29 is 29.0 Å². The maximum Gasteiger partial charge on any atom is 0.337 e. The Morgan fingerprint density at radius 1 is 1.07 bits per heavy atom.